The molecule has 5 nitrogen and oxygen atoms in total. The molecule has 98 valence electrons. The summed E-state index contributed by atoms with van der Waals surface area (Å²) in [5.74, 6) is 1.22. The van der Waals surface area contributed by atoms with Crippen LogP contribution in [0, 0.1) is 5.92 Å². The molecule has 0 aromatic carbocycles. The molecular weight excluding hydrogens is 294 g/mol. The molecule has 0 amide bonds. The van der Waals surface area contributed by atoms with Crippen LogP contribution in [-0.4, -0.2) is 27.2 Å². The van der Waals surface area contributed by atoms with Crippen molar-refractivity contribution in [3.8, 4) is 0 Å². The molecule has 1 unspecified atom stereocenters. The number of nitrogens with one attached hydrogen (secondary N) is 1. The minimum Gasteiger partial charge on any atom is -0.349 e. The number of hydrogen-bond acceptors (Lipinski definition) is 4. The van der Waals surface area contributed by atoms with Crippen LogP contribution < -0.4 is 11.1 Å². The van der Waals surface area contributed by atoms with Crippen molar-refractivity contribution in [2.24, 2.45) is 11.7 Å². The number of aromatic nitrogens is 3. The summed E-state index contributed by atoms with van der Waals surface area (Å²) in [5, 5.41) is 7.67. The third-order valence-corrected chi connectivity index (χ3v) is 3.31. The van der Waals surface area contributed by atoms with E-state index in [1.165, 1.54) is 0 Å². The second-order valence-corrected chi connectivity index (χ2v) is 5.62. The van der Waals surface area contributed by atoms with Crippen LogP contribution in [0.5, 0.6) is 0 Å². The molecule has 2 rings (SSSR count). The largest absolute Gasteiger partial charge is 0.349 e. The lowest BCUT2D eigenvalue weighted by Crippen LogP contribution is -2.30. The number of fused-ring (bicyclic) bond motifs is 1. The normalized spacial score (nSPS) is 13.2. The third-order valence-electron chi connectivity index (χ3n) is 2.69. The van der Waals surface area contributed by atoms with Gasteiger partial charge < -0.3 is 11.1 Å². The predicted molar refractivity (Wildman–Crippen MR) is 76.6 cm³/mol. The Balaban J connectivity index is 2.18. The summed E-state index contributed by atoms with van der Waals surface area (Å²) in [6, 6.07) is 4.08. The summed E-state index contributed by atoms with van der Waals surface area (Å²) in [7, 11) is 0. The van der Waals surface area contributed by atoms with Crippen LogP contribution in [0.3, 0.4) is 0 Å². The highest BCUT2D eigenvalue weighted by molar-refractivity contribution is 9.10. The Hall–Kier alpha value is -1.14. The van der Waals surface area contributed by atoms with E-state index < -0.39 is 0 Å². The van der Waals surface area contributed by atoms with Crippen molar-refractivity contribution in [3.63, 3.8) is 0 Å². The lowest BCUT2D eigenvalue weighted by atomic mass is 10.0. The molecule has 18 heavy (non-hydrogen) atoms. The van der Waals surface area contributed by atoms with Gasteiger partial charge in [-0.1, -0.05) is 13.8 Å². The molecular formula is C12H18BrN5. The summed E-state index contributed by atoms with van der Waals surface area (Å²) in [6.45, 7) is 4.94. The van der Waals surface area contributed by atoms with Crippen LogP contribution in [-0.2, 0) is 0 Å². The molecule has 2 heterocycles. The van der Waals surface area contributed by atoms with Crippen LogP contribution >= 0.6 is 15.9 Å². The summed E-state index contributed by atoms with van der Waals surface area (Å²) in [6.07, 6.45) is 2.88. The van der Waals surface area contributed by atoms with Gasteiger partial charge in [-0.3, -0.25) is 0 Å². The minimum absolute atomic E-state index is 0.209. The molecule has 3 N–H and O–H groups in total. The van der Waals surface area contributed by atoms with Crippen molar-refractivity contribution in [2.75, 3.05) is 11.9 Å². The summed E-state index contributed by atoms with van der Waals surface area (Å²) in [4.78, 5) is 4.45. The van der Waals surface area contributed by atoms with Crippen molar-refractivity contribution in [1.82, 2.24) is 14.6 Å². The van der Waals surface area contributed by atoms with Gasteiger partial charge in [0, 0.05) is 18.8 Å². The summed E-state index contributed by atoms with van der Waals surface area (Å²) >= 11 is 3.46. The SMILES string of the molecule is CC(C)CC(CN)Nc1nc2c(Br)cccn2n1. The van der Waals surface area contributed by atoms with Gasteiger partial charge >= 0.3 is 0 Å². The zero-order chi connectivity index (χ0) is 13.1. The molecule has 2 aromatic rings. The Morgan fingerprint density at radius 3 is 2.89 bits per heavy atom. The van der Waals surface area contributed by atoms with Gasteiger partial charge in [-0.2, -0.15) is 4.98 Å². The molecule has 0 saturated carbocycles. The zero-order valence-electron chi connectivity index (χ0n) is 10.6. The molecule has 0 aliphatic carbocycles. The second-order valence-electron chi connectivity index (χ2n) is 4.77. The molecule has 0 aliphatic rings. The Kier molecular flexibility index (Phi) is 4.19. The van der Waals surface area contributed by atoms with Crippen molar-refractivity contribution in [1.29, 1.82) is 0 Å². The Morgan fingerprint density at radius 2 is 2.28 bits per heavy atom. The molecule has 0 saturated heterocycles. The standard InChI is InChI=1S/C12H18BrN5/c1-8(2)6-9(7-14)15-12-16-11-10(13)4-3-5-18(11)17-12/h3-5,8-9H,6-7,14H2,1-2H3,(H,15,17). The topological polar surface area (TPSA) is 68.2 Å². The van der Waals surface area contributed by atoms with Crippen LogP contribution in [0.1, 0.15) is 20.3 Å². The molecule has 0 bridgehead atoms. The molecule has 1 atom stereocenters. The smallest absolute Gasteiger partial charge is 0.243 e. The Bertz CT molecular complexity index is 522. The van der Waals surface area contributed by atoms with E-state index in [0.717, 1.165) is 16.5 Å². The lowest BCUT2D eigenvalue weighted by molar-refractivity contribution is 0.520. The maximum Gasteiger partial charge on any atom is 0.243 e. The molecule has 0 fully saturated rings. The zero-order valence-corrected chi connectivity index (χ0v) is 12.2. The number of anilines is 1. The van der Waals surface area contributed by atoms with Crippen molar-refractivity contribution in [3.05, 3.63) is 22.8 Å². The van der Waals surface area contributed by atoms with Gasteiger partial charge in [0.2, 0.25) is 5.95 Å². The van der Waals surface area contributed by atoms with Gasteiger partial charge in [0.1, 0.15) is 0 Å². The lowest BCUT2D eigenvalue weighted by Gasteiger charge is -2.17. The van der Waals surface area contributed by atoms with Crippen LogP contribution in [0.4, 0.5) is 5.95 Å². The fourth-order valence-corrected chi connectivity index (χ4v) is 2.32. The summed E-state index contributed by atoms with van der Waals surface area (Å²) < 4.78 is 2.67. The average molecular weight is 312 g/mol. The van der Waals surface area contributed by atoms with Gasteiger partial charge in [-0.15, -0.1) is 5.10 Å². The first-order chi connectivity index (χ1) is 8.60. The van der Waals surface area contributed by atoms with Crippen LogP contribution in [0.25, 0.3) is 5.65 Å². The van der Waals surface area contributed by atoms with E-state index in [9.17, 15) is 0 Å². The van der Waals surface area contributed by atoms with Gasteiger partial charge in [0.05, 0.1) is 4.47 Å². The minimum atomic E-state index is 0.209. The fraction of sp³-hybridized carbons (Fsp3) is 0.500. The highest BCUT2D eigenvalue weighted by atomic mass is 79.9. The number of rotatable bonds is 5. The first kappa shape index (κ1) is 13.3. The third kappa shape index (κ3) is 3.00. The van der Waals surface area contributed by atoms with Gasteiger partial charge in [-0.05, 0) is 40.4 Å². The maximum atomic E-state index is 5.76. The van der Waals surface area contributed by atoms with E-state index in [4.69, 9.17) is 5.73 Å². The Morgan fingerprint density at radius 1 is 1.50 bits per heavy atom. The molecule has 0 radical (unpaired) electrons. The number of nitrogens with zero attached hydrogens (tertiary/aromatic N) is 3. The van der Waals surface area contributed by atoms with Crippen molar-refractivity contribution >= 4 is 27.5 Å². The summed E-state index contributed by atoms with van der Waals surface area (Å²) in [5.41, 5.74) is 6.56. The quantitative estimate of drug-likeness (QED) is 0.889. The van der Waals surface area contributed by atoms with Crippen LogP contribution in [0.15, 0.2) is 22.8 Å². The monoisotopic (exact) mass is 311 g/mol. The number of pyridine rings is 1. The predicted octanol–water partition coefficient (Wildman–Crippen LogP) is 2.28. The van der Waals surface area contributed by atoms with Gasteiger partial charge in [0.15, 0.2) is 5.65 Å². The highest BCUT2D eigenvalue weighted by Gasteiger charge is 2.12. The van der Waals surface area contributed by atoms with Crippen molar-refractivity contribution in [2.45, 2.75) is 26.3 Å². The van der Waals surface area contributed by atoms with E-state index in [1.807, 2.05) is 18.3 Å². The van der Waals surface area contributed by atoms with E-state index in [2.05, 4.69) is 45.2 Å². The number of nitrogens with two attached hydrogens (primary N) is 1. The maximum absolute atomic E-state index is 5.76. The van der Waals surface area contributed by atoms with Gasteiger partial charge in [0.25, 0.3) is 0 Å². The van der Waals surface area contributed by atoms with E-state index in [1.54, 1.807) is 4.52 Å². The van der Waals surface area contributed by atoms with Gasteiger partial charge in [-0.25, -0.2) is 4.52 Å². The number of halogens is 1. The molecule has 0 spiro atoms. The fourth-order valence-electron chi connectivity index (χ4n) is 1.90. The van der Waals surface area contributed by atoms with Crippen LogP contribution in [0.2, 0.25) is 0 Å². The van der Waals surface area contributed by atoms with E-state index in [-0.39, 0.29) is 6.04 Å². The molecule has 6 heteroatoms. The number of hydrogen-bond donors (Lipinski definition) is 2. The molecule has 2 aromatic heterocycles. The van der Waals surface area contributed by atoms with E-state index >= 15 is 0 Å². The first-order valence-electron chi connectivity index (χ1n) is 6.07. The van der Waals surface area contributed by atoms with Crippen molar-refractivity contribution < 1.29 is 0 Å². The average Bonchev–Trinajstić information content (AvgIpc) is 2.71. The van der Waals surface area contributed by atoms with E-state index in [0.29, 0.717) is 18.4 Å². The molecule has 0 aliphatic heterocycles. The highest BCUT2D eigenvalue weighted by Crippen LogP contribution is 2.17. The second kappa shape index (κ2) is 5.67. The Labute approximate surface area is 115 Å². The first-order valence-corrected chi connectivity index (χ1v) is 6.87.